The zero-order valence-corrected chi connectivity index (χ0v) is 9.34. The van der Waals surface area contributed by atoms with Crippen LogP contribution in [0, 0.1) is 11.6 Å². The van der Waals surface area contributed by atoms with Crippen LogP contribution in [0.4, 0.5) is 22.0 Å². The van der Waals surface area contributed by atoms with Crippen LogP contribution in [0.15, 0.2) is 42.5 Å². The Kier molecular flexibility index (Phi) is 3.42. The summed E-state index contributed by atoms with van der Waals surface area (Å²) in [5.74, 6) is -2.17. The summed E-state index contributed by atoms with van der Waals surface area (Å²) in [5.41, 5.74) is -0.424. The Morgan fingerprint density at radius 3 is 2.05 bits per heavy atom. The molecule has 0 amide bonds. The monoisotopic (exact) mass is 274 g/mol. The van der Waals surface area contributed by atoms with Crippen molar-refractivity contribution in [2.75, 3.05) is 0 Å². The van der Waals surface area contributed by atoms with Gasteiger partial charge >= 0.3 is 6.36 Å². The highest BCUT2D eigenvalue weighted by Crippen LogP contribution is 2.31. The summed E-state index contributed by atoms with van der Waals surface area (Å²) in [6, 6.07) is 7.64. The minimum atomic E-state index is -4.88. The lowest BCUT2D eigenvalue weighted by atomic mass is 10.0. The lowest BCUT2D eigenvalue weighted by molar-refractivity contribution is -0.274. The Balaban J connectivity index is 2.46. The lowest BCUT2D eigenvalue weighted by Gasteiger charge is -2.11. The van der Waals surface area contributed by atoms with E-state index < -0.39 is 23.7 Å². The molecule has 0 aliphatic carbocycles. The molecule has 0 fully saturated rings. The number of rotatable bonds is 2. The van der Waals surface area contributed by atoms with Crippen molar-refractivity contribution in [2.45, 2.75) is 6.36 Å². The van der Waals surface area contributed by atoms with Gasteiger partial charge in [0.25, 0.3) is 0 Å². The first-order valence-electron chi connectivity index (χ1n) is 5.17. The highest BCUT2D eigenvalue weighted by atomic mass is 19.4. The van der Waals surface area contributed by atoms with Gasteiger partial charge in [-0.15, -0.1) is 13.2 Å². The molecule has 0 saturated carbocycles. The van der Waals surface area contributed by atoms with Gasteiger partial charge in [-0.05, 0) is 24.3 Å². The average Bonchev–Trinajstić information content (AvgIpc) is 2.31. The number of ether oxygens (including phenoxy) is 1. The first kappa shape index (κ1) is 13.3. The van der Waals surface area contributed by atoms with Crippen LogP contribution in [0.25, 0.3) is 11.1 Å². The molecule has 6 heteroatoms. The van der Waals surface area contributed by atoms with Crippen molar-refractivity contribution in [3.05, 3.63) is 54.1 Å². The van der Waals surface area contributed by atoms with Crippen molar-refractivity contribution in [1.82, 2.24) is 0 Å². The maximum absolute atomic E-state index is 13.6. The van der Waals surface area contributed by atoms with Crippen molar-refractivity contribution < 1.29 is 26.7 Å². The fourth-order valence-electron chi connectivity index (χ4n) is 1.59. The molecular weight excluding hydrogens is 267 g/mol. The summed E-state index contributed by atoms with van der Waals surface area (Å²) in [6.07, 6.45) is -4.88. The Morgan fingerprint density at radius 1 is 0.789 bits per heavy atom. The Hall–Kier alpha value is -2.11. The molecule has 0 unspecified atom stereocenters. The molecule has 0 spiro atoms. The number of hydrogen-bond acceptors (Lipinski definition) is 1. The van der Waals surface area contributed by atoms with E-state index in [-0.39, 0.29) is 11.1 Å². The fourth-order valence-corrected chi connectivity index (χ4v) is 1.59. The second-order valence-electron chi connectivity index (χ2n) is 3.67. The molecule has 0 aromatic heterocycles. The van der Waals surface area contributed by atoms with Crippen molar-refractivity contribution in [3.63, 3.8) is 0 Å². The van der Waals surface area contributed by atoms with Crippen LogP contribution < -0.4 is 4.74 Å². The van der Waals surface area contributed by atoms with Crippen LogP contribution in [0.2, 0.25) is 0 Å². The molecule has 1 nitrogen and oxygen atoms in total. The van der Waals surface area contributed by atoms with E-state index in [1.54, 1.807) is 0 Å². The third-order valence-corrected chi connectivity index (χ3v) is 2.34. The quantitative estimate of drug-likeness (QED) is 0.731. The van der Waals surface area contributed by atoms with Gasteiger partial charge in [0.2, 0.25) is 0 Å². The number of alkyl halides is 3. The summed E-state index contributed by atoms with van der Waals surface area (Å²) in [6.45, 7) is 0. The predicted octanol–water partition coefficient (Wildman–Crippen LogP) is 4.53. The van der Waals surface area contributed by atoms with E-state index >= 15 is 0 Å². The van der Waals surface area contributed by atoms with Gasteiger partial charge in [0, 0.05) is 11.1 Å². The van der Waals surface area contributed by atoms with Gasteiger partial charge in [-0.2, -0.15) is 0 Å². The third-order valence-electron chi connectivity index (χ3n) is 2.34. The fraction of sp³-hybridized carbons (Fsp3) is 0.0769. The molecule has 2 rings (SSSR count). The molecule has 0 saturated heterocycles. The zero-order valence-electron chi connectivity index (χ0n) is 9.34. The standard InChI is InChI=1S/C13H7F5O/c14-11-4-2-1-3-9(11)10-7-8(5-6-12(10)15)19-13(16,17)18/h1-7H. The Bertz CT molecular complexity index is 592. The van der Waals surface area contributed by atoms with Crippen molar-refractivity contribution in [3.8, 4) is 16.9 Å². The molecule has 19 heavy (non-hydrogen) atoms. The van der Waals surface area contributed by atoms with Crippen molar-refractivity contribution >= 4 is 0 Å². The predicted molar refractivity (Wildman–Crippen MR) is 58.5 cm³/mol. The largest absolute Gasteiger partial charge is 0.573 e. The van der Waals surface area contributed by atoms with E-state index in [1.165, 1.54) is 18.2 Å². The van der Waals surface area contributed by atoms with Gasteiger partial charge < -0.3 is 4.74 Å². The van der Waals surface area contributed by atoms with E-state index in [0.717, 1.165) is 24.3 Å². The summed E-state index contributed by atoms with van der Waals surface area (Å²) in [7, 11) is 0. The second kappa shape index (κ2) is 4.87. The van der Waals surface area contributed by atoms with Gasteiger partial charge in [0.1, 0.15) is 17.4 Å². The SMILES string of the molecule is Fc1ccccc1-c1cc(OC(F)(F)F)ccc1F. The number of hydrogen-bond donors (Lipinski definition) is 0. The Labute approximate surface area is 105 Å². The minimum Gasteiger partial charge on any atom is -0.406 e. The van der Waals surface area contributed by atoms with Crippen LogP contribution in [0.1, 0.15) is 0 Å². The number of halogens is 5. The molecule has 0 bridgehead atoms. The first-order chi connectivity index (χ1) is 8.87. The normalized spacial score (nSPS) is 11.4. The van der Waals surface area contributed by atoms with Gasteiger partial charge in [0.15, 0.2) is 0 Å². The van der Waals surface area contributed by atoms with E-state index in [0.29, 0.717) is 0 Å². The van der Waals surface area contributed by atoms with Gasteiger partial charge in [-0.3, -0.25) is 0 Å². The highest BCUT2D eigenvalue weighted by Gasteiger charge is 2.31. The van der Waals surface area contributed by atoms with Crippen LogP contribution in [0.3, 0.4) is 0 Å². The Morgan fingerprint density at radius 2 is 1.42 bits per heavy atom. The molecule has 0 N–H and O–H groups in total. The second-order valence-corrected chi connectivity index (χ2v) is 3.67. The summed E-state index contributed by atoms with van der Waals surface area (Å²) in [5, 5.41) is 0. The van der Waals surface area contributed by atoms with Gasteiger partial charge in [-0.1, -0.05) is 18.2 Å². The number of benzene rings is 2. The van der Waals surface area contributed by atoms with E-state index in [4.69, 9.17) is 0 Å². The first-order valence-corrected chi connectivity index (χ1v) is 5.17. The van der Waals surface area contributed by atoms with Crippen LogP contribution in [-0.2, 0) is 0 Å². The van der Waals surface area contributed by atoms with Gasteiger partial charge in [0.05, 0.1) is 0 Å². The average molecular weight is 274 g/mol. The molecule has 0 atom stereocenters. The zero-order chi connectivity index (χ0) is 14.0. The lowest BCUT2D eigenvalue weighted by Crippen LogP contribution is -2.17. The molecule has 0 aliphatic heterocycles. The summed E-state index contributed by atoms with van der Waals surface area (Å²) in [4.78, 5) is 0. The van der Waals surface area contributed by atoms with Gasteiger partial charge in [-0.25, -0.2) is 8.78 Å². The van der Waals surface area contributed by atoms with Crippen LogP contribution in [0.5, 0.6) is 5.75 Å². The van der Waals surface area contributed by atoms with Crippen LogP contribution in [-0.4, -0.2) is 6.36 Å². The maximum Gasteiger partial charge on any atom is 0.573 e. The molecule has 2 aromatic rings. The molecular formula is C13H7F5O. The van der Waals surface area contributed by atoms with E-state index in [1.807, 2.05) is 0 Å². The third kappa shape index (κ3) is 3.21. The van der Waals surface area contributed by atoms with E-state index in [2.05, 4.69) is 4.74 Å². The van der Waals surface area contributed by atoms with Crippen molar-refractivity contribution in [2.24, 2.45) is 0 Å². The summed E-state index contributed by atoms with van der Waals surface area (Å²) < 4.78 is 66.9. The molecule has 100 valence electrons. The van der Waals surface area contributed by atoms with Crippen molar-refractivity contribution in [1.29, 1.82) is 0 Å². The minimum absolute atomic E-state index is 0.132. The van der Waals surface area contributed by atoms with E-state index in [9.17, 15) is 22.0 Å². The topological polar surface area (TPSA) is 9.23 Å². The smallest absolute Gasteiger partial charge is 0.406 e. The molecule has 2 aromatic carbocycles. The maximum atomic E-state index is 13.6. The summed E-state index contributed by atoms with van der Waals surface area (Å²) >= 11 is 0. The molecule has 0 radical (unpaired) electrons. The highest BCUT2D eigenvalue weighted by molar-refractivity contribution is 5.66. The molecule has 0 aliphatic rings. The van der Waals surface area contributed by atoms with Crippen LogP contribution >= 0.6 is 0 Å². The molecule has 0 heterocycles.